The van der Waals surface area contributed by atoms with Crippen LogP contribution in [0.25, 0.3) is 0 Å². The molecule has 1 aliphatic heterocycles. The monoisotopic (exact) mass is 315 g/mol. The number of aromatic nitrogens is 2. The molecule has 0 spiro atoms. The van der Waals surface area contributed by atoms with Crippen molar-refractivity contribution in [3.8, 4) is 0 Å². The van der Waals surface area contributed by atoms with E-state index in [2.05, 4.69) is 10.1 Å². The molecule has 0 saturated carbocycles. The summed E-state index contributed by atoms with van der Waals surface area (Å²) < 4.78 is 28.1. The number of rotatable bonds is 5. The Kier molecular flexibility index (Phi) is 4.65. The summed E-state index contributed by atoms with van der Waals surface area (Å²) in [6, 6.07) is 0. The van der Waals surface area contributed by atoms with E-state index in [1.807, 2.05) is 20.8 Å². The lowest BCUT2D eigenvalue weighted by atomic mass is 10.1. The molecule has 1 aliphatic rings. The molecule has 118 valence electrons. The smallest absolute Gasteiger partial charge is 0.246 e. The van der Waals surface area contributed by atoms with Crippen molar-refractivity contribution < 1.29 is 17.7 Å². The molecule has 1 saturated heterocycles. The third-order valence-corrected chi connectivity index (χ3v) is 5.37. The second kappa shape index (κ2) is 6.13. The van der Waals surface area contributed by atoms with E-state index in [-0.39, 0.29) is 29.9 Å². The average molecular weight is 315 g/mol. The van der Waals surface area contributed by atoms with Crippen LogP contribution in [0.5, 0.6) is 0 Å². The Morgan fingerprint density at radius 3 is 2.67 bits per heavy atom. The molecule has 7 nitrogen and oxygen atoms in total. The van der Waals surface area contributed by atoms with Gasteiger partial charge in [-0.15, -0.1) is 0 Å². The molecule has 0 aliphatic carbocycles. The van der Waals surface area contributed by atoms with E-state index in [1.165, 1.54) is 0 Å². The van der Waals surface area contributed by atoms with Crippen molar-refractivity contribution in [3.05, 3.63) is 11.7 Å². The van der Waals surface area contributed by atoms with Crippen molar-refractivity contribution in [2.45, 2.75) is 39.7 Å². The third-order valence-electron chi connectivity index (χ3n) is 3.60. The molecule has 1 aromatic heterocycles. The van der Waals surface area contributed by atoms with Crippen molar-refractivity contribution in [2.24, 2.45) is 5.92 Å². The van der Waals surface area contributed by atoms with Crippen molar-refractivity contribution >= 4 is 15.7 Å². The lowest BCUT2D eigenvalue weighted by Gasteiger charge is -2.21. The van der Waals surface area contributed by atoms with Crippen LogP contribution in [0.1, 0.15) is 44.8 Å². The van der Waals surface area contributed by atoms with Crippen LogP contribution in [0, 0.1) is 5.92 Å². The Hall–Kier alpha value is -1.44. The number of sulfone groups is 1. The molecule has 1 aromatic rings. The first kappa shape index (κ1) is 15.9. The van der Waals surface area contributed by atoms with Gasteiger partial charge >= 0.3 is 0 Å². The summed E-state index contributed by atoms with van der Waals surface area (Å²) in [5, 5.41) is 3.86. The molecule has 1 atom stereocenters. The second-order valence-corrected chi connectivity index (χ2v) is 7.88. The molecule has 0 N–H and O–H groups in total. The maximum atomic E-state index is 12.4. The minimum Gasteiger partial charge on any atom is -0.337 e. The van der Waals surface area contributed by atoms with Gasteiger partial charge in [-0.3, -0.25) is 4.79 Å². The normalized spacial score (nSPS) is 20.9. The quantitative estimate of drug-likeness (QED) is 0.804. The average Bonchev–Trinajstić information content (AvgIpc) is 3.01. The molecule has 0 aromatic carbocycles. The lowest BCUT2D eigenvalue weighted by molar-refractivity contribution is -0.135. The molecule has 21 heavy (non-hydrogen) atoms. The number of amides is 1. The van der Waals surface area contributed by atoms with Crippen LogP contribution in [-0.4, -0.2) is 47.4 Å². The first-order valence-corrected chi connectivity index (χ1v) is 8.96. The Balaban J connectivity index is 2.03. The van der Waals surface area contributed by atoms with Gasteiger partial charge < -0.3 is 9.42 Å². The summed E-state index contributed by atoms with van der Waals surface area (Å²) in [7, 11) is -3.06. The molecular formula is C13H21N3O4S. The van der Waals surface area contributed by atoms with E-state index in [4.69, 9.17) is 4.52 Å². The van der Waals surface area contributed by atoms with Gasteiger partial charge in [-0.25, -0.2) is 8.42 Å². The Morgan fingerprint density at radius 2 is 2.19 bits per heavy atom. The summed E-state index contributed by atoms with van der Waals surface area (Å²) in [6.45, 7) is 6.48. The van der Waals surface area contributed by atoms with Crippen LogP contribution in [-0.2, 0) is 21.2 Å². The molecule has 1 amide bonds. The van der Waals surface area contributed by atoms with Crippen molar-refractivity contribution in [2.75, 3.05) is 18.1 Å². The van der Waals surface area contributed by atoms with Crippen molar-refractivity contribution in [1.82, 2.24) is 15.0 Å². The fourth-order valence-electron chi connectivity index (χ4n) is 2.32. The summed E-state index contributed by atoms with van der Waals surface area (Å²) in [5.41, 5.74) is 0. The Bertz CT molecular complexity index is 609. The summed E-state index contributed by atoms with van der Waals surface area (Å²) in [4.78, 5) is 18.2. The molecule has 1 fully saturated rings. The van der Waals surface area contributed by atoms with E-state index >= 15 is 0 Å². The van der Waals surface area contributed by atoms with Gasteiger partial charge in [0.1, 0.15) is 0 Å². The number of hydrogen-bond acceptors (Lipinski definition) is 6. The van der Waals surface area contributed by atoms with E-state index in [1.54, 1.807) is 4.90 Å². The zero-order valence-electron chi connectivity index (χ0n) is 12.6. The van der Waals surface area contributed by atoms with Gasteiger partial charge in [-0.05, 0) is 13.3 Å². The van der Waals surface area contributed by atoms with Crippen LogP contribution in [0.3, 0.4) is 0 Å². The van der Waals surface area contributed by atoms with Gasteiger partial charge in [0.25, 0.3) is 0 Å². The summed E-state index contributed by atoms with van der Waals surface area (Å²) in [5.74, 6) is 0.605. The zero-order chi connectivity index (χ0) is 15.6. The summed E-state index contributed by atoms with van der Waals surface area (Å²) in [6.07, 6.45) is 0.402. The van der Waals surface area contributed by atoms with Crippen LogP contribution in [0.15, 0.2) is 4.52 Å². The SMILES string of the molecule is CCN(Cc1nc(C(C)C)no1)C(=O)[C@H]1CCS(=O)(=O)C1. The largest absolute Gasteiger partial charge is 0.337 e. The van der Waals surface area contributed by atoms with Gasteiger partial charge in [0.05, 0.1) is 24.0 Å². The topological polar surface area (TPSA) is 93.4 Å². The number of hydrogen-bond donors (Lipinski definition) is 0. The molecule has 0 radical (unpaired) electrons. The van der Waals surface area contributed by atoms with Crippen LogP contribution >= 0.6 is 0 Å². The van der Waals surface area contributed by atoms with Gasteiger partial charge in [0, 0.05) is 12.5 Å². The molecule has 8 heteroatoms. The van der Waals surface area contributed by atoms with Gasteiger partial charge in [0.15, 0.2) is 15.7 Å². The highest BCUT2D eigenvalue weighted by atomic mass is 32.2. The van der Waals surface area contributed by atoms with Crippen LogP contribution in [0.4, 0.5) is 0 Å². The van der Waals surface area contributed by atoms with Crippen molar-refractivity contribution in [1.29, 1.82) is 0 Å². The fraction of sp³-hybridized carbons (Fsp3) is 0.769. The van der Waals surface area contributed by atoms with Gasteiger partial charge in [-0.2, -0.15) is 4.98 Å². The molecular weight excluding hydrogens is 294 g/mol. The molecule has 2 heterocycles. The first-order valence-electron chi connectivity index (χ1n) is 7.14. The van der Waals surface area contributed by atoms with E-state index in [9.17, 15) is 13.2 Å². The second-order valence-electron chi connectivity index (χ2n) is 5.65. The Labute approximate surface area is 124 Å². The highest BCUT2D eigenvalue weighted by Crippen LogP contribution is 2.21. The number of carbonyl (C=O) groups excluding carboxylic acids is 1. The van der Waals surface area contributed by atoms with Crippen molar-refractivity contribution in [3.63, 3.8) is 0 Å². The molecule has 0 unspecified atom stereocenters. The number of nitrogens with zero attached hydrogens (tertiary/aromatic N) is 3. The fourth-order valence-corrected chi connectivity index (χ4v) is 4.06. The first-order chi connectivity index (χ1) is 9.82. The highest BCUT2D eigenvalue weighted by Gasteiger charge is 2.35. The van der Waals surface area contributed by atoms with Gasteiger partial charge in [-0.1, -0.05) is 19.0 Å². The predicted molar refractivity (Wildman–Crippen MR) is 76.2 cm³/mol. The zero-order valence-corrected chi connectivity index (χ0v) is 13.4. The van der Waals surface area contributed by atoms with E-state index in [0.717, 1.165) is 0 Å². The van der Waals surface area contributed by atoms with E-state index in [0.29, 0.717) is 24.7 Å². The minimum atomic E-state index is -3.06. The number of carbonyl (C=O) groups is 1. The predicted octanol–water partition coefficient (Wildman–Crippen LogP) is 0.976. The van der Waals surface area contributed by atoms with Gasteiger partial charge in [0.2, 0.25) is 11.8 Å². The molecule has 0 bridgehead atoms. The van der Waals surface area contributed by atoms with Crippen LogP contribution in [0.2, 0.25) is 0 Å². The third kappa shape index (κ3) is 3.81. The van der Waals surface area contributed by atoms with E-state index < -0.39 is 15.8 Å². The highest BCUT2D eigenvalue weighted by molar-refractivity contribution is 7.91. The lowest BCUT2D eigenvalue weighted by Crippen LogP contribution is -2.36. The standard InChI is InChI=1S/C13H21N3O4S/c1-4-16(7-11-14-12(9(2)3)15-20-11)13(17)10-5-6-21(18,19)8-10/h9-10H,4-8H2,1-3H3/t10-/m0/s1. The molecule has 2 rings (SSSR count). The minimum absolute atomic E-state index is 0.0522. The summed E-state index contributed by atoms with van der Waals surface area (Å²) >= 11 is 0. The Morgan fingerprint density at radius 1 is 1.48 bits per heavy atom. The maximum Gasteiger partial charge on any atom is 0.246 e. The van der Waals surface area contributed by atoms with Crippen LogP contribution < -0.4 is 0 Å². The maximum absolute atomic E-state index is 12.4.